The van der Waals surface area contributed by atoms with Gasteiger partial charge < -0.3 is 10.6 Å². The summed E-state index contributed by atoms with van der Waals surface area (Å²) in [5.41, 5.74) is 9.27. The van der Waals surface area contributed by atoms with E-state index < -0.39 is 6.04 Å². The molecule has 2 N–H and O–H groups in total. The van der Waals surface area contributed by atoms with Gasteiger partial charge in [-0.3, -0.25) is 4.79 Å². The highest BCUT2D eigenvalue weighted by molar-refractivity contribution is 6.35. The molecule has 3 rings (SSSR count). The van der Waals surface area contributed by atoms with Crippen LogP contribution in [0.2, 0.25) is 10.0 Å². The minimum atomic E-state index is -0.537. The maximum Gasteiger partial charge on any atom is 0.240 e. The fourth-order valence-electron chi connectivity index (χ4n) is 2.96. The van der Waals surface area contributed by atoms with E-state index in [1.807, 2.05) is 36.4 Å². The fraction of sp³-hybridized carbons (Fsp3) is 0.278. The Hall–Kier alpha value is -1.55. The van der Waals surface area contributed by atoms with E-state index in [-0.39, 0.29) is 5.91 Å². The van der Waals surface area contributed by atoms with Gasteiger partial charge in [0.25, 0.3) is 0 Å². The molecular formula is C18H18Cl2N2O. The largest absolute Gasteiger partial charge is 0.337 e. The first-order valence-electron chi connectivity index (χ1n) is 7.59. The second kappa shape index (κ2) is 6.91. The van der Waals surface area contributed by atoms with E-state index in [4.69, 9.17) is 28.9 Å². The van der Waals surface area contributed by atoms with E-state index in [1.54, 1.807) is 11.0 Å². The number of nitrogens with zero attached hydrogens (tertiary/aromatic N) is 1. The van der Waals surface area contributed by atoms with E-state index >= 15 is 0 Å². The summed E-state index contributed by atoms with van der Waals surface area (Å²) in [6.07, 6.45) is 1.29. The van der Waals surface area contributed by atoms with Gasteiger partial charge in [0, 0.05) is 23.1 Å². The highest BCUT2D eigenvalue weighted by Crippen LogP contribution is 2.30. The number of hydrogen-bond donors (Lipinski definition) is 1. The standard InChI is InChI=1S/C18H18Cl2N2O/c19-14-9-13-6-7-22(11-15(13)16(20)10-14)18(23)17(21)8-12-4-2-1-3-5-12/h1-5,9-10,17H,6-8,11,21H2/t17-/m0/s1. The Kier molecular flexibility index (Phi) is 4.90. The highest BCUT2D eigenvalue weighted by atomic mass is 35.5. The Morgan fingerprint density at radius 1 is 1.22 bits per heavy atom. The third-order valence-electron chi connectivity index (χ3n) is 4.18. The Morgan fingerprint density at radius 2 is 1.96 bits per heavy atom. The lowest BCUT2D eigenvalue weighted by molar-refractivity contribution is -0.133. The molecule has 2 aromatic rings. The summed E-state index contributed by atoms with van der Waals surface area (Å²) in [5, 5.41) is 1.25. The van der Waals surface area contributed by atoms with Crippen LogP contribution in [-0.2, 0) is 24.2 Å². The zero-order valence-corrected chi connectivity index (χ0v) is 14.1. The Labute approximate surface area is 146 Å². The van der Waals surface area contributed by atoms with Crippen LogP contribution in [0.4, 0.5) is 0 Å². The van der Waals surface area contributed by atoms with Crippen LogP contribution in [0.1, 0.15) is 16.7 Å². The third-order valence-corrected chi connectivity index (χ3v) is 4.74. The van der Waals surface area contributed by atoms with Crippen LogP contribution in [0.3, 0.4) is 0 Å². The molecule has 0 unspecified atom stereocenters. The van der Waals surface area contributed by atoms with Crippen molar-refractivity contribution < 1.29 is 4.79 Å². The molecule has 0 saturated carbocycles. The lowest BCUT2D eigenvalue weighted by Crippen LogP contribution is -2.46. The van der Waals surface area contributed by atoms with Crippen LogP contribution in [-0.4, -0.2) is 23.4 Å². The van der Waals surface area contributed by atoms with Gasteiger partial charge in [-0.15, -0.1) is 0 Å². The monoisotopic (exact) mass is 348 g/mol. The molecule has 1 heterocycles. The summed E-state index contributed by atoms with van der Waals surface area (Å²) in [4.78, 5) is 14.4. The average Bonchev–Trinajstić information content (AvgIpc) is 2.54. The van der Waals surface area contributed by atoms with E-state index in [0.717, 1.165) is 23.1 Å². The van der Waals surface area contributed by atoms with Gasteiger partial charge in [0.1, 0.15) is 0 Å². The molecule has 3 nitrogen and oxygen atoms in total. The number of nitrogens with two attached hydrogens (primary N) is 1. The van der Waals surface area contributed by atoms with Gasteiger partial charge in [0.15, 0.2) is 0 Å². The van der Waals surface area contributed by atoms with E-state index in [2.05, 4.69) is 0 Å². The van der Waals surface area contributed by atoms with E-state index in [1.165, 1.54) is 0 Å². The van der Waals surface area contributed by atoms with Crippen molar-refractivity contribution in [2.75, 3.05) is 6.54 Å². The van der Waals surface area contributed by atoms with Gasteiger partial charge in [-0.1, -0.05) is 53.5 Å². The zero-order chi connectivity index (χ0) is 16.4. The van der Waals surface area contributed by atoms with Gasteiger partial charge in [0.2, 0.25) is 5.91 Å². The van der Waals surface area contributed by atoms with Crippen molar-refractivity contribution in [2.24, 2.45) is 5.73 Å². The van der Waals surface area contributed by atoms with Crippen molar-refractivity contribution in [1.82, 2.24) is 4.90 Å². The number of carbonyl (C=O) groups excluding carboxylic acids is 1. The van der Waals surface area contributed by atoms with Crippen molar-refractivity contribution in [1.29, 1.82) is 0 Å². The lowest BCUT2D eigenvalue weighted by atomic mass is 9.98. The number of fused-ring (bicyclic) bond motifs is 1. The van der Waals surface area contributed by atoms with Gasteiger partial charge in [-0.25, -0.2) is 0 Å². The van der Waals surface area contributed by atoms with Crippen LogP contribution in [0.5, 0.6) is 0 Å². The van der Waals surface area contributed by atoms with Crippen molar-refractivity contribution in [3.05, 3.63) is 69.2 Å². The van der Waals surface area contributed by atoms with Crippen LogP contribution in [0, 0.1) is 0 Å². The quantitative estimate of drug-likeness (QED) is 0.923. The molecule has 0 radical (unpaired) electrons. The molecule has 0 aromatic heterocycles. The number of halogens is 2. The molecule has 0 saturated heterocycles. The average molecular weight is 349 g/mol. The predicted molar refractivity (Wildman–Crippen MR) is 93.7 cm³/mol. The van der Waals surface area contributed by atoms with Gasteiger partial charge in [-0.05, 0) is 41.7 Å². The van der Waals surface area contributed by atoms with Crippen molar-refractivity contribution in [2.45, 2.75) is 25.4 Å². The Bertz CT molecular complexity index is 718. The fourth-order valence-corrected chi connectivity index (χ4v) is 3.56. The first-order chi connectivity index (χ1) is 11.0. The summed E-state index contributed by atoms with van der Waals surface area (Å²) in [6.45, 7) is 1.14. The van der Waals surface area contributed by atoms with Crippen molar-refractivity contribution in [3.63, 3.8) is 0 Å². The van der Waals surface area contributed by atoms with Gasteiger partial charge >= 0.3 is 0 Å². The maximum absolute atomic E-state index is 12.6. The number of amides is 1. The summed E-state index contributed by atoms with van der Waals surface area (Å²) >= 11 is 12.3. The molecule has 2 aromatic carbocycles. The highest BCUT2D eigenvalue weighted by Gasteiger charge is 2.26. The van der Waals surface area contributed by atoms with Crippen LogP contribution < -0.4 is 5.73 Å². The van der Waals surface area contributed by atoms with Crippen molar-refractivity contribution >= 4 is 29.1 Å². The normalized spacial score (nSPS) is 15.2. The minimum Gasteiger partial charge on any atom is -0.337 e. The molecule has 1 amide bonds. The molecule has 1 atom stereocenters. The maximum atomic E-state index is 12.6. The SMILES string of the molecule is N[C@@H](Cc1ccccc1)C(=O)N1CCc2cc(Cl)cc(Cl)c2C1. The summed E-state index contributed by atoms with van der Waals surface area (Å²) in [5.74, 6) is -0.0366. The molecule has 0 bridgehead atoms. The molecule has 0 spiro atoms. The number of rotatable bonds is 3. The lowest BCUT2D eigenvalue weighted by Gasteiger charge is -2.31. The molecular weight excluding hydrogens is 331 g/mol. The Morgan fingerprint density at radius 3 is 2.70 bits per heavy atom. The molecule has 5 heteroatoms. The summed E-state index contributed by atoms with van der Waals surface area (Å²) < 4.78 is 0. The summed E-state index contributed by atoms with van der Waals surface area (Å²) in [7, 11) is 0. The summed E-state index contributed by atoms with van der Waals surface area (Å²) in [6, 6.07) is 12.9. The molecule has 1 aliphatic rings. The molecule has 120 valence electrons. The van der Waals surface area contributed by atoms with Gasteiger partial charge in [0.05, 0.1) is 6.04 Å². The van der Waals surface area contributed by atoms with E-state index in [0.29, 0.717) is 29.6 Å². The first kappa shape index (κ1) is 16.3. The molecule has 0 aliphatic carbocycles. The van der Waals surface area contributed by atoms with Crippen molar-refractivity contribution in [3.8, 4) is 0 Å². The second-order valence-corrected chi connectivity index (χ2v) is 6.67. The van der Waals surface area contributed by atoms with Gasteiger partial charge in [-0.2, -0.15) is 0 Å². The topological polar surface area (TPSA) is 46.3 Å². The minimum absolute atomic E-state index is 0.0366. The Balaban J connectivity index is 1.71. The number of hydrogen-bond acceptors (Lipinski definition) is 2. The molecule has 1 aliphatic heterocycles. The van der Waals surface area contributed by atoms with Crippen LogP contribution in [0.15, 0.2) is 42.5 Å². The number of benzene rings is 2. The zero-order valence-electron chi connectivity index (χ0n) is 12.6. The van der Waals surface area contributed by atoms with E-state index in [9.17, 15) is 4.79 Å². The second-order valence-electron chi connectivity index (χ2n) is 5.83. The smallest absolute Gasteiger partial charge is 0.240 e. The predicted octanol–water partition coefficient (Wildman–Crippen LogP) is 3.45. The van der Waals surface area contributed by atoms with Crippen LogP contribution in [0.25, 0.3) is 0 Å². The third kappa shape index (κ3) is 3.69. The molecule has 0 fully saturated rings. The van der Waals surface area contributed by atoms with Crippen LogP contribution >= 0.6 is 23.2 Å². The molecule has 23 heavy (non-hydrogen) atoms. The first-order valence-corrected chi connectivity index (χ1v) is 8.35. The number of carbonyl (C=O) groups is 1.